The van der Waals surface area contributed by atoms with Gasteiger partial charge in [0.2, 0.25) is 11.8 Å². The van der Waals surface area contributed by atoms with Crippen LogP contribution >= 0.6 is 11.8 Å². The van der Waals surface area contributed by atoms with Gasteiger partial charge in [-0.1, -0.05) is 25.1 Å². The van der Waals surface area contributed by atoms with E-state index in [9.17, 15) is 14.4 Å². The molecular weight excluding hydrogens is 388 g/mol. The molecule has 2 amide bonds. The average Bonchev–Trinajstić information content (AvgIpc) is 2.67. The number of amides is 2. The van der Waals surface area contributed by atoms with E-state index >= 15 is 0 Å². The van der Waals surface area contributed by atoms with Gasteiger partial charge in [-0.25, -0.2) is 4.79 Å². The molecule has 0 saturated heterocycles. The maximum absolute atomic E-state index is 12.3. The van der Waals surface area contributed by atoms with E-state index in [4.69, 9.17) is 4.42 Å². The zero-order valence-electron chi connectivity index (χ0n) is 16.3. The lowest BCUT2D eigenvalue weighted by Gasteiger charge is -2.09. The Bertz CT molecular complexity index is 1110. The summed E-state index contributed by atoms with van der Waals surface area (Å²) >= 11 is 1.42. The fourth-order valence-electron chi connectivity index (χ4n) is 2.94. The molecule has 6 nitrogen and oxygen atoms in total. The van der Waals surface area contributed by atoms with Crippen LogP contribution in [0.1, 0.15) is 25.0 Å². The van der Waals surface area contributed by atoms with Gasteiger partial charge in [-0.05, 0) is 41.8 Å². The van der Waals surface area contributed by atoms with E-state index in [-0.39, 0.29) is 23.2 Å². The minimum atomic E-state index is -0.388. The van der Waals surface area contributed by atoms with E-state index < -0.39 is 0 Å². The number of anilines is 2. The van der Waals surface area contributed by atoms with Crippen LogP contribution in [0.15, 0.2) is 57.7 Å². The van der Waals surface area contributed by atoms with Gasteiger partial charge in [0.1, 0.15) is 5.58 Å². The summed E-state index contributed by atoms with van der Waals surface area (Å²) in [4.78, 5) is 35.3. The van der Waals surface area contributed by atoms with Gasteiger partial charge < -0.3 is 15.1 Å². The molecule has 0 spiro atoms. The Morgan fingerprint density at radius 2 is 1.79 bits per heavy atom. The van der Waals surface area contributed by atoms with E-state index in [1.165, 1.54) is 24.8 Å². The largest absolute Gasteiger partial charge is 0.423 e. The molecule has 0 bridgehead atoms. The fraction of sp³-hybridized carbons (Fsp3) is 0.227. The molecule has 0 aliphatic heterocycles. The molecule has 0 atom stereocenters. The lowest BCUT2D eigenvalue weighted by atomic mass is 10.1. The van der Waals surface area contributed by atoms with Crippen LogP contribution in [0.25, 0.3) is 11.0 Å². The molecule has 0 aliphatic carbocycles. The van der Waals surface area contributed by atoms with Gasteiger partial charge in [0.25, 0.3) is 0 Å². The molecule has 0 fully saturated rings. The van der Waals surface area contributed by atoms with Crippen molar-refractivity contribution in [2.45, 2.75) is 26.0 Å². The molecule has 0 radical (unpaired) electrons. The number of thioether (sulfide) groups is 1. The van der Waals surface area contributed by atoms with Gasteiger partial charge >= 0.3 is 5.63 Å². The molecule has 2 aromatic carbocycles. The van der Waals surface area contributed by atoms with Crippen molar-refractivity contribution in [3.05, 3.63) is 70.1 Å². The van der Waals surface area contributed by atoms with Crippen molar-refractivity contribution in [3.8, 4) is 0 Å². The first-order valence-corrected chi connectivity index (χ1v) is 10.4. The highest BCUT2D eigenvalue weighted by Crippen LogP contribution is 2.23. The summed E-state index contributed by atoms with van der Waals surface area (Å²) in [6, 6.07) is 14.3. The topological polar surface area (TPSA) is 88.4 Å². The van der Waals surface area contributed by atoms with Crippen LogP contribution in [0.3, 0.4) is 0 Å². The van der Waals surface area contributed by atoms with Crippen LogP contribution in [0, 0.1) is 0 Å². The summed E-state index contributed by atoms with van der Waals surface area (Å²) in [5.41, 5.74) is 3.37. The number of nitrogens with one attached hydrogen (secondary N) is 2. The monoisotopic (exact) mass is 410 g/mol. The summed E-state index contributed by atoms with van der Waals surface area (Å²) in [7, 11) is 0. The number of carbonyl (C=O) groups is 2. The van der Waals surface area contributed by atoms with Gasteiger partial charge in [0.15, 0.2) is 0 Å². The third kappa shape index (κ3) is 5.71. The van der Waals surface area contributed by atoms with E-state index in [0.29, 0.717) is 22.7 Å². The predicted molar refractivity (Wildman–Crippen MR) is 117 cm³/mol. The van der Waals surface area contributed by atoms with Crippen LogP contribution in [0.4, 0.5) is 11.4 Å². The lowest BCUT2D eigenvalue weighted by Crippen LogP contribution is -2.14. The Hall–Kier alpha value is -3.06. The number of hydrogen-bond donors (Lipinski definition) is 2. The van der Waals surface area contributed by atoms with Crippen LogP contribution in [0.2, 0.25) is 0 Å². The Balaban J connectivity index is 1.62. The number of fused-ring (bicyclic) bond motifs is 1. The number of rotatable bonds is 7. The first-order valence-electron chi connectivity index (χ1n) is 9.25. The van der Waals surface area contributed by atoms with Crippen molar-refractivity contribution < 1.29 is 14.0 Å². The maximum atomic E-state index is 12.3. The first-order chi connectivity index (χ1) is 13.9. The molecule has 3 aromatic rings. The van der Waals surface area contributed by atoms with Gasteiger partial charge in [-0.3, -0.25) is 9.59 Å². The molecule has 2 N–H and O–H groups in total. The summed E-state index contributed by atoms with van der Waals surface area (Å²) in [5.74, 6) is 0.427. The maximum Gasteiger partial charge on any atom is 0.336 e. The standard InChI is InChI=1S/C22H22N2O4S/c1-3-15-7-8-19-16(10-22(27)28-20(19)9-15)12-29-13-21(26)24-18-6-4-5-17(11-18)23-14(2)25/h4-11H,3,12-13H2,1-2H3,(H,23,25)(H,24,26). The Labute approximate surface area is 172 Å². The SMILES string of the molecule is CCc1ccc2c(CSCC(=O)Nc3cccc(NC(C)=O)c3)cc(=O)oc2c1. The van der Waals surface area contributed by atoms with Crippen molar-refractivity contribution in [1.29, 1.82) is 0 Å². The fourth-order valence-corrected chi connectivity index (χ4v) is 3.76. The first kappa shape index (κ1) is 20.7. The molecule has 29 heavy (non-hydrogen) atoms. The quantitative estimate of drug-likeness (QED) is 0.570. The summed E-state index contributed by atoms with van der Waals surface area (Å²) < 4.78 is 5.32. The molecular formula is C22H22N2O4S. The van der Waals surface area contributed by atoms with Gasteiger partial charge in [-0.2, -0.15) is 0 Å². The third-order valence-corrected chi connectivity index (χ3v) is 5.24. The van der Waals surface area contributed by atoms with Crippen LogP contribution < -0.4 is 16.3 Å². The highest BCUT2D eigenvalue weighted by Gasteiger charge is 2.09. The molecule has 0 aliphatic rings. The summed E-state index contributed by atoms with van der Waals surface area (Å²) in [6.07, 6.45) is 0.863. The van der Waals surface area contributed by atoms with Crippen molar-refractivity contribution in [2.75, 3.05) is 16.4 Å². The Morgan fingerprint density at radius 3 is 2.52 bits per heavy atom. The molecule has 3 rings (SSSR count). The zero-order valence-corrected chi connectivity index (χ0v) is 17.1. The molecule has 1 heterocycles. The van der Waals surface area contributed by atoms with Crippen LogP contribution in [-0.2, 0) is 21.8 Å². The summed E-state index contributed by atoms with van der Waals surface area (Å²) in [5, 5.41) is 6.38. The second-order valence-corrected chi connectivity index (χ2v) is 7.56. The van der Waals surface area contributed by atoms with Crippen molar-refractivity contribution in [1.82, 2.24) is 0 Å². The minimum absolute atomic E-state index is 0.157. The smallest absolute Gasteiger partial charge is 0.336 e. The molecule has 0 unspecified atom stereocenters. The van der Waals surface area contributed by atoms with Crippen molar-refractivity contribution >= 4 is 45.9 Å². The molecule has 150 valence electrons. The molecule has 1 aromatic heterocycles. The Morgan fingerprint density at radius 1 is 1.03 bits per heavy atom. The highest BCUT2D eigenvalue weighted by atomic mass is 32.2. The normalized spacial score (nSPS) is 10.7. The van der Waals surface area contributed by atoms with Crippen molar-refractivity contribution in [2.24, 2.45) is 0 Å². The second-order valence-electron chi connectivity index (χ2n) is 6.58. The molecule has 0 saturated carbocycles. The number of benzene rings is 2. The van der Waals surface area contributed by atoms with Crippen LogP contribution in [-0.4, -0.2) is 17.6 Å². The minimum Gasteiger partial charge on any atom is -0.423 e. The third-order valence-electron chi connectivity index (χ3n) is 4.26. The van der Waals surface area contributed by atoms with E-state index in [2.05, 4.69) is 10.6 Å². The summed E-state index contributed by atoms with van der Waals surface area (Å²) in [6.45, 7) is 3.47. The number of hydrogen-bond acceptors (Lipinski definition) is 5. The second kappa shape index (κ2) is 9.43. The molecule has 7 heteroatoms. The van der Waals surface area contributed by atoms with E-state index in [0.717, 1.165) is 22.9 Å². The predicted octanol–water partition coefficient (Wildman–Crippen LogP) is 4.19. The highest BCUT2D eigenvalue weighted by molar-refractivity contribution is 7.99. The number of aryl methyl sites for hydroxylation is 1. The average molecular weight is 410 g/mol. The van der Waals surface area contributed by atoms with Crippen molar-refractivity contribution in [3.63, 3.8) is 0 Å². The van der Waals surface area contributed by atoms with Gasteiger partial charge in [0.05, 0.1) is 5.75 Å². The van der Waals surface area contributed by atoms with Crippen LogP contribution in [0.5, 0.6) is 0 Å². The number of carbonyl (C=O) groups excluding carboxylic acids is 2. The lowest BCUT2D eigenvalue weighted by molar-refractivity contribution is -0.114. The van der Waals surface area contributed by atoms with E-state index in [1.54, 1.807) is 24.3 Å². The van der Waals surface area contributed by atoms with Gasteiger partial charge in [-0.15, -0.1) is 11.8 Å². The van der Waals surface area contributed by atoms with Gasteiger partial charge in [0, 0.05) is 35.5 Å². The Kier molecular flexibility index (Phi) is 6.72. The van der Waals surface area contributed by atoms with E-state index in [1.807, 2.05) is 25.1 Å². The zero-order chi connectivity index (χ0) is 20.8.